The van der Waals surface area contributed by atoms with Gasteiger partial charge in [-0.2, -0.15) is 12.4 Å². The Kier molecular flexibility index (Phi) is 14.5. The van der Waals surface area contributed by atoms with Crippen molar-refractivity contribution in [2.45, 2.75) is 63.5 Å². The maximum Gasteiger partial charge on any atom is 0.186 e. The molecule has 6 N–H and O–H groups in total. The summed E-state index contributed by atoms with van der Waals surface area (Å²) in [6.45, 7) is 1.33. The highest BCUT2D eigenvalue weighted by molar-refractivity contribution is 5.91. The number of aromatic hydroxyl groups is 2. The first-order chi connectivity index (χ1) is 29.1. The lowest BCUT2D eigenvalue weighted by Gasteiger charge is -2.34. The number of phenolic OH excluding ortho intramolecular Hbond substituents is 2. The summed E-state index contributed by atoms with van der Waals surface area (Å²) in [5.74, 6) is -0.0217. The first-order valence-corrected chi connectivity index (χ1v) is 20.2. The van der Waals surface area contributed by atoms with Gasteiger partial charge in [0.1, 0.15) is 11.5 Å². The van der Waals surface area contributed by atoms with Crippen LogP contribution in [0.25, 0.3) is 10.8 Å². The van der Waals surface area contributed by atoms with E-state index < -0.39 is 36.6 Å². The Morgan fingerprint density at radius 2 is 1.63 bits per heavy atom. The van der Waals surface area contributed by atoms with E-state index in [4.69, 9.17) is 14.2 Å². The van der Waals surface area contributed by atoms with E-state index in [0.717, 1.165) is 39.4 Å². The van der Waals surface area contributed by atoms with Crippen molar-refractivity contribution in [3.05, 3.63) is 148 Å². The third-order valence-electron chi connectivity index (χ3n) is 11.6. The number of nitrogens with one attached hydrogen (secondary N) is 1. The number of phenols is 2. The number of Topliss-reactive ketones (excluding diaryl/α,β-unsaturated/α-hetero) is 1. The molecule has 1 heterocycles. The molecule has 0 amide bonds. The first-order valence-electron chi connectivity index (χ1n) is 20.2. The van der Waals surface area contributed by atoms with Crippen LogP contribution in [-0.4, -0.2) is 72.1 Å². The Morgan fingerprint density at radius 3 is 2.33 bits per heavy atom. The van der Waals surface area contributed by atoms with E-state index in [1.165, 1.54) is 25.8 Å². The molecule has 0 aliphatic rings. The zero-order chi connectivity index (χ0) is 42.8. The molecule has 0 aliphatic carbocycles. The molecule has 60 heavy (non-hydrogen) atoms. The second-order valence-corrected chi connectivity index (χ2v) is 15.3. The van der Waals surface area contributed by atoms with Crippen LogP contribution in [0.15, 0.2) is 103 Å². The van der Waals surface area contributed by atoms with Gasteiger partial charge >= 0.3 is 0 Å². The fourth-order valence-electron chi connectivity index (χ4n) is 8.50. The molecule has 6 aromatic rings. The SMILES string of the molecule is CCc1ccc2ccccc2c1Cc1c(C[C@H](Cc2cc[n-]c2)[C@H](O)CC(=O)[C@](CO)(Cc2ccc(OCO)c(OC)c2)c2cc(O)cc(CNC)c2)ccc(O)c1OC. The minimum absolute atomic E-state index is 0.00515. The quantitative estimate of drug-likeness (QED) is 0.0450. The van der Waals surface area contributed by atoms with Crippen LogP contribution in [0.5, 0.6) is 28.7 Å². The van der Waals surface area contributed by atoms with E-state index in [9.17, 15) is 25.5 Å². The fraction of sp³-hybridized carbons (Fsp3) is 0.327. The van der Waals surface area contributed by atoms with Gasteiger partial charge in [-0.25, -0.2) is 0 Å². The lowest BCUT2D eigenvalue weighted by atomic mass is 9.70. The number of fused-ring (bicyclic) bond motifs is 1. The molecular formula is C49H55N2O9-. The van der Waals surface area contributed by atoms with E-state index >= 15 is 4.79 Å². The van der Waals surface area contributed by atoms with Crippen molar-refractivity contribution in [1.82, 2.24) is 10.3 Å². The average Bonchev–Trinajstić information content (AvgIpc) is 3.77. The predicted molar refractivity (Wildman–Crippen MR) is 231 cm³/mol. The zero-order valence-electron chi connectivity index (χ0n) is 34.6. The predicted octanol–water partition coefficient (Wildman–Crippen LogP) is 6.32. The maximum absolute atomic E-state index is 15.1. The third kappa shape index (κ3) is 9.61. The van der Waals surface area contributed by atoms with Gasteiger partial charge in [0, 0.05) is 24.9 Å². The van der Waals surface area contributed by atoms with Crippen molar-refractivity contribution in [2.75, 3.05) is 34.7 Å². The Morgan fingerprint density at radius 1 is 0.833 bits per heavy atom. The van der Waals surface area contributed by atoms with Crippen molar-refractivity contribution in [3.63, 3.8) is 0 Å². The van der Waals surface area contributed by atoms with Gasteiger partial charge in [-0.05, 0) is 113 Å². The number of ether oxygens (including phenoxy) is 3. The van der Waals surface area contributed by atoms with Crippen molar-refractivity contribution < 1.29 is 44.5 Å². The normalized spacial score (nSPS) is 13.4. The third-order valence-corrected chi connectivity index (χ3v) is 11.6. The van der Waals surface area contributed by atoms with Gasteiger partial charge in [0.25, 0.3) is 0 Å². The van der Waals surface area contributed by atoms with Gasteiger partial charge in [-0.15, -0.1) is 0 Å². The minimum atomic E-state index is -1.60. The Hall–Kier alpha value is -5.85. The molecule has 1 aromatic heterocycles. The lowest BCUT2D eigenvalue weighted by molar-refractivity contribution is -0.129. The molecule has 0 fully saturated rings. The molecule has 11 nitrogen and oxygen atoms in total. The molecule has 0 saturated carbocycles. The highest BCUT2D eigenvalue weighted by Gasteiger charge is 2.42. The first kappa shape index (κ1) is 43.7. The standard InChI is InChI=1S/C49H55N2O9/c1-5-34-11-12-35-8-6-7-9-40(35)41(34)24-42-36(13-14-43(55)48(42)59-4)22-37(18-32-16-17-51-28-32)44(56)25-47(57)49(29-52,38-19-33(27-50-2)20-39(54)23-38)26-31-10-15-45(60-30-53)46(21-31)58-3/h6-17,19-21,23,28,37,44,50,52-56H,5,18,22,24-27,29-30H2,1-4H3/q-1/t37-,44+,49-/m0/s1. The number of hydrogen-bond acceptors (Lipinski definition) is 10. The summed E-state index contributed by atoms with van der Waals surface area (Å²) in [5, 5.41) is 60.4. The number of rotatable bonds is 21. The second-order valence-electron chi connectivity index (χ2n) is 15.3. The monoisotopic (exact) mass is 815 g/mol. The number of ketones is 1. The lowest BCUT2D eigenvalue weighted by Crippen LogP contribution is -2.44. The number of aryl methyl sites for hydroxylation is 1. The van der Waals surface area contributed by atoms with Crippen LogP contribution in [0.2, 0.25) is 0 Å². The molecule has 316 valence electrons. The average molecular weight is 816 g/mol. The van der Waals surface area contributed by atoms with E-state index in [0.29, 0.717) is 59.7 Å². The highest BCUT2D eigenvalue weighted by atomic mass is 16.6. The van der Waals surface area contributed by atoms with Crippen molar-refractivity contribution in [2.24, 2.45) is 5.92 Å². The molecule has 0 spiro atoms. The van der Waals surface area contributed by atoms with Crippen LogP contribution < -0.4 is 24.5 Å². The highest BCUT2D eigenvalue weighted by Crippen LogP contribution is 2.40. The number of aromatic nitrogens is 1. The maximum atomic E-state index is 15.1. The molecule has 6 rings (SSSR count). The van der Waals surface area contributed by atoms with Gasteiger partial charge < -0.3 is 50.0 Å². The summed E-state index contributed by atoms with van der Waals surface area (Å²) in [7, 11) is 4.77. The number of carbonyl (C=O) groups is 1. The summed E-state index contributed by atoms with van der Waals surface area (Å²) in [6, 6.07) is 27.7. The summed E-state index contributed by atoms with van der Waals surface area (Å²) in [6.07, 6.45) is 3.89. The van der Waals surface area contributed by atoms with E-state index in [-0.39, 0.29) is 24.3 Å². The Bertz CT molecular complexity index is 2380. The molecule has 11 heteroatoms. The van der Waals surface area contributed by atoms with Crippen molar-refractivity contribution in [3.8, 4) is 28.7 Å². The largest absolute Gasteiger partial charge is 0.670 e. The number of methoxy groups -OCH3 is 2. The fourth-order valence-corrected chi connectivity index (χ4v) is 8.50. The number of nitrogens with zero attached hydrogens (tertiary/aromatic N) is 1. The van der Waals surface area contributed by atoms with Gasteiger partial charge in [0.2, 0.25) is 0 Å². The van der Waals surface area contributed by atoms with Crippen LogP contribution in [-0.2, 0) is 48.9 Å². The summed E-state index contributed by atoms with van der Waals surface area (Å²) >= 11 is 0. The molecular weight excluding hydrogens is 761 g/mol. The van der Waals surface area contributed by atoms with Gasteiger partial charge in [0.05, 0.1) is 32.3 Å². The summed E-state index contributed by atoms with van der Waals surface area (Å²) in [4.78, 5) is 19.3. The van der Waals surface area contributed by atoms with Gasteiger partial charge in [-0.1, -0.05) is 73.2 Å². The van der Waals surface area contributed by atoms with Crippen LogP contribution in [0.3, 0.4) is 0 Å². The summed E-state index contributed by atoms with van der Waals surface area (Å²) < 4.78 is 16.7. The smallest absolute Gasteiger partial charge is 0.186 e. The molecule has 0 saturated heterocycles. The van der Waals surface area contributed by atoms with Gasteiger partial charge in [-0.3, -0.25) is 4.79 Å². The van der Waals surface area contributed by atoms with Crippen LogP contribution in [0, 0.1) is 5.92 Å². The van der Waals surface area contributed by atoms with Gasteiger partial charge in [0.15, 0.2) is 29.8 Å². The second kappa shape index (κ2) is 19.9. The number of carbonyl (C=O) groups excluding carboxylic acids is 1. The van der Waals surface area contributed by atoms with Crippen LogP contribution >= 0.6 is 0 Å². The van der Waals surface area contributed by atoms with Crippen LogP contribution in [0.4, 0.5) is 0 Å². The molecule has 5 aromatic carbocycles. The summed E-state index contributed by atoms with van der Waals surface area (Å²) in [5.41, 5.74) is 4.94. The Balaban J connectivity index is 1.41. The molecule has 0 aliphatic heterocycles. The molecule has 3 atom stereocenters. The molecule has 0 radical (unpaired) electrons. The topological polar surface area (TPSA) is 172 Å². The van der Waals surface area contributed by atoms with E-state index in [1.807, 2.05) is 24.3 Å². The Labute approximate surface area is 351 Å². The van der Waals surface area contributed by atoms with E-state index in [1.54, 1.807) is 55.8 Å². The van der Waals surface area contributed by atoms with Crippen molar-refractivity contribution >= 4 is 16.6 Å². The zero-order valence-corrected chi connectivity index (χ0v) is 34.6. The number of aliphatic hydroxyl groups is 3. The molecule has 0 unspecified atom stereocenters. The van der Waals surface area contributed by atoms with Crippen molar-refractivity contribution in [1.29, 1.82) is 0 Å². The number of benzene rings is 5. The number of hydrogen-bond donors (Lipinski definition) is 6. The minimum Gasteiger partial charge on any atom is -0.670 e. The van der Waals surface area contributed by atoms with E-state index in [2.05, 4.69) is 41.5 Å². The number of aliphatic hydroxyl groups excluding tert-OH is 3. The molecule has 0 bridgehead atoms. The van der Waals surface area contributed by atoms with Crippen LogP contribution in [0.1, 0.15) is 57.9 Å².